The topological polar surface area (TPSA) is 63.8 Å². The van der Waals surface area contributed by atoms with Crippen LogP contribution in [0.15, 0.2) is 53.4 Å². The van der Waals surface area contributed by atoms with Crippen LogP contribution >= 0.6 is 15.9 Å². The zero-order chi connectivity index (χ0) is 13.2. The number of halogens is 1. The van der Waals surface area contributed by atoms with Gasteiger partial charge in [-0.05, 0) is 39.5 Å². The second kappa shape index (κ2) is 4.85. The molecule has 0 saturated carbocycles. The molecule has 0 bridgehead atoms. The molecular formula is C14H11BrN4. The molecule has 0 spiro atoms. The largest absolute Gasteiger partial charge is 0.396 e. The van der Waals surface area contributed by atoms with Crippen LogP contribution in [0.5, 0.6) is 0 Å². The SMILES string of the molecule is Nc1cc(Br)cnc1Nc1cccc2ccncc12. The van der Waals surface area contributed by atoms with Crippen LogP contribution in [0.4, 0.5) is 17.2 Å². The Balaban J connectivity index is 2.06. The molecular weight excluding hydrogens is 304 g/mol. The van der Waals surface area contributed by atoms with Gasteiger partial charge in [-0.15, -0.1) is 0 Å². The Labute approximate surface area is 118 Å². The van der Waals surface area contributed by atoms with Crippen molar-refractivity contribution in [1.29, 1.82) is 0 Å². The molecule has 3 N–H and O–H groups in total. The second-order valence-corrected chi connectivity index (χ2v) is 5.03. The van der Waals surface area contributed by atoms with Crippen LogP contribution in [-0.2, 0) is 0 Å². The van der Waals surface area contributed by atoms with Gasteiger partial charge in [-0.1, -0.05) is 12.1 Å². The third-order valence-electron chi connectivity index (χ3n) is 2.82. The van der Waals surface area contributed by atoms with Gasteiger partial charge in [0.05, 0.1) is 5.69 Å². The van der Waals surface area contributed by atoms with Crippen molar-refractivity contribution in [3.63, 3.8) is 0 Å². The number of aromatic nitrogens is 2. The highest BCUT2D eigenvalue weighted by Crippen LogP contribution is 2.28. The van der Waals surface area contributed by atoms with Crippen molar-refractivity contribution in [2.75, 3.05) is 11.1 Å². The fourth-order valence-electron chi connectivity index (χ4n) is 1.91. The van der Waals surface area contributed by atoms with Gasteiger partial charge in [0.1, 0.15) is 0 Å². The van der Waals surface area contributed by atoms with Crippen LogP contribution in [0.25, 0.3) is 10.8 Å². The first kappa shape index (κ1) is 11.9. The van der Waals surface area contributed by atoms with Crippen molar-refractivity contribution in [2.45, 2.75) is 0 Å². The Morgan fingerprint density at radius 1 is 1.16 bits per heavy atom. The Morgan fingerprint density at radius 3 is 2.89 bits per heavy atom. The smallest absolute Gasteiger partial charge is 0.153 e. The molecule has 0 aliphatic heterocycles. The van der Waals surface area contributed by atoms with Gasteiger partial charge in [-0.25, -0.2) is 4.98 Å². The van der Waals surface area contributed by atoms with E-state index >= 15 is 0 Å². The van der Waals surface area contributed by atoms with Crippen LogP contribution in [0.2, 0.25) is 0 Å². The van der Waals surface area contributed by atoms with E-state index in [0.29, 0.717) is 11.5 Å². The van der Waals surface area contributed by atoms with E-state index in [-0.39, 0.29) is 0 Å². The van der Waals surface area contributed by atoms with Crippen LogP contribution in [0.3, 0.4) is 0 Å². The number of fused-ring (bicyclic) bond motifs is 1. The quantitative estimate of drug-likeness (QED) is 0.756. The number of nitrogens with one attached hydrogen (secondary N) is 1. The molecule has 0 amide bonds. The van der Waals surface area contributed by atoms with Crippen LogP contribution in [0, 0.1) is 0 Å². The van der Waals surface area contributed by atoms with Crippen LogP contribution < -0.4 is 11.1 Å². The summed E-state index contributed by atoms with van der Waals surface area (Å²) in [5.74, 6) is 0.638. The molecule has 19 heavy (non-hydrogen) atoms. The van der Waals surface area contributed by atoms with Crippen molar-refractivity contribution in [3.8, 4) is 0 Å². The van der Waals surface area contributed by atoms with Crippen molar-refractivity contribution < 1.29 is 0 Å². The van der Waals surface area contributed by atoms with E-state index in [9.17, 15) is 0 Å². The van der Waals surface area contributed by atoms with Crippen molar-refractivity contribution in [1.82, 2.24) is 9.97 Å². The number of rotatable bonds is 2. The number of nitrogens with zero attached hydrogens (tertiary/aromatic N) is 2. The first-order valence-electron chi connectivity index (χ1n) is 5.75. The molecule has 5 heteroatoms. The number of anilines is 3. The summed E-state index contributed by atoms with van der Waals surface area (Å²) in [7, 11) is 0. The monoisotopic (exact) mass is 314 g/mol. The molecule has 3 aromatic rings. The lowest BCUT2D eigenvalue weighted by Crippen LogP contribution is -1.99. The minimum absolute atomic E-state index is 0.593. The van der Waals surface area contributed by atoms with Gasteiger partial charge in [0.2, 0.25) is 0 Å². The molecule has 0 aliphatic carbocycles. The third kappa shape index (κ3) is 2.37. The minimum atomic E-state index is 0.593. The van der Waals surface area contributed by atoms with Crippen molar-refractivity contribution in [2.24, 2.45) is 0 Å². The summed E-state index contributed by atoms with van der Waals surface area (Å²) >= 11 is 3.34. The average Bonchev–Trinajstić information content (AvgIpc) is 2.42. The third-order valence-corrected chi connectivity index (χ3v) is 3.25. The molecule has 1 aromatic carbocycles. The maximum atomic E-state index is 5.94. The first-order chi connectivity index (χ1) is 9.24. The summed E-state index contributed by atoms with van der Waals surface area (Å²) in [4.78, 5) is 8.43. The van der Waals surface area contributed by atoms with E-state index in [1.165, 1.54) is 0 Å². The van der Waals surface area contributed by atoms with Crippen LogP contribution in [0.1, 0.15) is 0 Å². The highest BCUT2D eigenvalue weighted by atomic mass is 79.9. The summed E-state index contributed by atoms with van der Waals surface area (Å²) in [6.07, 6.45) is 5.31. The van der Waals surface area contributed by atoms with E-state index in [1.54, 1.807) is 12.4 Å². The highest BCUT2D eigenvalue weighted by Gasteiger charge is 2.05. The van der Waals surface area contributed by atoms with Crippen molar-refractivity contribution in [3.05, 3.63) is 53.4 Å². The van der Waals surface area contributed by atoms with Gasteiger partial charge < -0.3 is 11.1 Å². The van der Waals surface area contributed by atoms with E-state index in [0.717, 1.165) is 20.9 Å². The molecule has 2 aromatic heterocycles. The first-order valence-corrected chi connectivity index (χ1v) is 6.54. The van der Waals surface area contributed by atoms with E-state index < -0.39 is 0 Å². The zero-order valence-electron chi connectivity index (χ0n) is 9.97. The Kier molecular flexibility index (Phi) is 3.05. The predicted molar refractivity (Wildman–Crippen MR) is 81.4 cm³/mol. The second-order valence-electron chi connectivity index (χ2n) is 4.12. The normalized spacial score (nSPS) is 10.6. The van der Waals surface area contributed by atoms with E-state index in [1.807, 2.05) is 36.5 Å². The lowest BCUT2D eigenvalue weighted by molar-refractivity contribution is 1.30. The summed E-state index contributed by atoms with van der Waals surface area (Å²) < 4.78 is 0.857. The Bertz CT molecular complexity index is 737. The molecule has 2 heterocycles. The Hall–Kier alpha value is -2.14. The van der Waals surface area contributed by atoms with Gasteiger partial charge >= 0.3 is 0 Å². The summed E-state index contributed by atoms with van der Waals surface area (Å²) in [5.41, 5.74) is 7.47. The number of benzene rings is 1. The highest BCUT2D eigenvalue weighted by molar-refractivity contribution is 9.10. The average molecular weight is 315 g/mol. The number of hydrogen-bond donors (Lipinski definition) is 2. The number of nitrogens with two attached hydrogens (primary N) is 1. The van der Waals surface area contributed by atoms with E-state index in [2.05, 4.69) is 31.2 Å². The lowest BCUT2D eigenvalue weighted by Gasteiger charge is -2.10. The molecule has 94 valence electrons. The fourth-order valence-corrected chi connectivity index (χ4v) is 2.26. The van der Waals surface area contributed by atoms with Gasteiger partial charge in [0.25, 0.3) is 0 Å². The van der Waals surface area contributed by atoms with Crippen molar-refractivity contribution >= 4 is 43.9 Å². The summed E-state index contributed by atoms with van der Waals surface area (Å²) in [5, 5.41) is 5.40. The molecule has 3 rings (SSSR count). The zero-order valence-corrected chi connectivity index (χ0v) is 11.6. The standard InChI is InChI=1S/C14H11BrN4/c15-10-6-12(16)14(18-7-10)19-13-3-1-2-9-4-5-17-8-11(9)13/h1-8H,16H2,(H,18,19). The summed E-state index contributed by atoms with van der Waals surface area (Å²) in [6, 6.07) is 9.80. The van der Waals surface area contributed by atoms with Crippen LogP contribution in [-0.4, -0.2) is 9.97 Å². The van der Waals surface area contributed by atoms with E-state index in [4.69, 9.17) is 5.73 Å². The van der Waals surface area contributed by atoms with Gasteiger partial charge in [-0.3, -0.25) is 4.98 Å². The van der Waals surface area contributed by atoms with Gasteiger partial charge in [0.15, 0.2) is 5.82 Å². The fraction of sp³-hybridized carbons (Fsp3) is 0. The number of hydrogen-bond acceptors (Lipinski definition) is 4. The molecule has 0 radical (unpaired) electrons. The van der Waals surface area contributed by atoms with Gasteiger partial charge in [0, 0.05) is 34.1 Å². The Morgan fingerprint density at radius 2 is 2.05 bits per heavy atom. The molecule has 0 atom stereocenters. The molecule has 0 saturated heterocycles. The number of pyridine rings is 2. The maximum absolute atomic E-state index is 5.94. The molecule has 4 nitrogen and oxygen atoms in total. The maximum Gasteiger partial charge on any atom is 0.153 e. The molecule has 0 aliphatic rings. The minimum Gasteiger partial charge on any atom is -0.396 e. The summed E-state index contributed by atoms with van der Waals surface area (Å²) in [6.45, 7) is 0. The molecule has 0 fully saturated rings. The lowest BCUT2D eigenvalue weighted by atomic mass is 10.1. The molecule has 0 unspecified atom stereocenters. The predicted octanol–water partition coefficient (Wildman–Crippen LogP) is 3.72. The van der Waals surface area contributed by atoms with Gasteiger partial charge in [-0.2, -0.15) is 0 Å². The number of nitrogen functional groups attached to an aromatic ring is 1.